The van der Waals surface area contributed by atoms with Gasteiger partial charge in [-0.1, -0.05) is 36.4 Å². The van der Waals surface area contributed by atoms with Crippen LogP contribution in [0.4, 0.5) is 0 Å². The standard InChI is InChI=1S/C12H17NO/c1-9(2)12-7-5-4-6-11(12)8-13-10(3)14/h4-7,10,13-14H,1,8H2,2-3H3. The van der Waals surface area contributed by atoms with E-state index in [0.29, 0.717) is 6.54 Å². The highest BCUT2D eigenvalue weighted by molar-refractivity contribution is 5.64. The van der Waals surface area contributed by atoms with Crippen LogP contribution in [-0.2, 0) is 6.54 Å². The molecular formula is C12H17NO. The third-order valence-electron chi connectivity index (χ3n) is 2.07. The van der Waals surface area contributed by atoms with E-state index in [4.69, 9.17) is 5.11 Å². The van der Waals surface area contributed by atoms with Gasteiger partial charge in [-0.25, -0.2) is 0 Å². The zero-order valence-corrected chi connectivity index (χ0v) is 8.75. The zero-order chi connectivity index (χ0) is 10.6. The molecule has 2 heteroatoms. The van der Waals surface area contributed by atoms with E-state index in [2.05, 4.69) is 11.9 Å². The molecular weight excluding hydrogens is 174 g/mol. The normalized spacial score (nSPS) is 12.5. The second-order valence-electron chi connectivity index (χ2n) is 3.49. The molecule has 0 aliphatic heterocycles. The maximum Gasteiger partial charge on any atom is 0.102 e. The lowest BCUT2D eigenvalue weighted by Gasteiger charge is -2.11. The van der Waals surface area contributed by atoms with Crippen LogP contribution < -0.4 is 5.32 Å². The zero-order valence-electron chi connectivity index (χ0n) is 8.75. The molecule has 0 aliphatic carbocycles. The smallest absolute Gasteiger partial charge is 0.102 e. The Labute approximate surface area is 85.3 Å². The number of aliphatic hydroxyl groups excluding tert-OH is 1. The molecule has 2 N–H and O–H groups in total. The molecule has 1 unspecified atom stereocenters. The molecule has 0 heterocycles. The summed E-state index contributed by atoms with van der Waals surface area (Å²) >= 11 is 0. The van der Waals surface area contributed by atoms with Crippen molar-refractivity contribution < 1.29 is 5.11 Å². The third kappa shape index (κ3) is 2.98. The van der Waals surface area contributed by atoms with E-state index in [9.17, 15) is 0 Å². The van der Waals surface area contributed by atoms with Gasteiger partial charge in [0.15, 0.2) is 0 Å². The quantitative estimate of drug-likeness (QED) is 0.715. The molecule has 1 rings (SSSR count). The number of hydrogen-bond acceptors (Lipinski definition) is 2. The third-order valence-corrected chi connectivity index (χ3v) is 2.07. The molecule has 14 heavy (non-hydrogen) atoms. The van der Waals surface area contributed by atoms with Crippen LogP contribution in [0.15, 0.2) is 30.8 Å². The van der Waals surface area contributed by atoms with E-state index in [1.807, 2.05) is 31.2 Å². The lowest BCUT2D eigenvalue weighted by atomic mass is 10.0. The van der Waals surface area contributed by atoms with Crippen molar-refractivity contribution in [2.45, 2.75) is 26.6 Å². The molecule has 0 radical (unpaired) electrons. The Morgan fingerprint density at radius 3 is 2.71 bits per heavy atom. The number of nitrogens with one attached hydrogen (secondary N) is 1. The molecule has 0 saturated carbocycles. The van der Waals surface area contributed by atoms with Gasteiger partial charge < -0.3 is 5.11 Å². The Balaban J connectivity index is 2.79. The molecule has 1 aromatic carbocycles. The van der Waals surface area contributed by atoms with Crippen molar-refractivity contribution in [1.29, 1.82) is 0 Å². The highest BCUT2D eigenvalue weighted by Gasteiger charge is 2.02. The lowest BCUT2D eigenvalue weighted by Crippen LogP contribution is -2.24. The molecule has 1 aromatic rings. The van der Waals surface area contributed by atoms with Crippen LogP contribution in [0.25, 0.3) is 5.57 Å². The summed E-state index contributed by atoms with van der Waals surface area (Å²) in [7, 11) is 0. The second kappa shape index (κ2) is 4.94. The Kier molecular flexibility index (Phi) is 3.86. The van der Waals surface area contributed by atoms with Gasteiger partial charge in [0.2, 0.25) is 0 Å². The van der Waals surface area contributed by atoms with Crippen LogP contribution in [0.5, 0.6) is 0 Å². The fourth-order valence-corrected chi connectivity index (χ4v) is 1.35. The van der Waals surface area contributed by atoms with Crippen molar-refractivity contribution >= 4 is 5.57 Å². The van der Waals surface area contributed by atoms with Crippen LogP contribution in [0.3, 0.4) is 0 Å². The fraction of sp³-hybridized carbons (Fsp3) is 0.333. The van der Waals surface area contributed by atoms with E-state index in [1.54, 1.807) is 6.92 Å². The molecule has 0 saturated heterocycles. The van der Waals surface area contributed by atoms with Gasteiger partial charge in [-0.15, -0.1) is 0 Å². The van der Waals surface area contributed by atoms with E-state index in [1.165, 1.54) is 5.56 Å². The summed E-state index contributed by atoms with van der Waals surface area (Å²) in [5.74, 6) is 0. The molecule has 2 nitrogen and oxygen atoms in total. The number of allylic oxidation sites excluding steroid dienone is 1. The van der Waals surface area contributed by atoms with Gasteiger partial charge in [0.05, 0.1) is 0 Å². The maximum atomic E-state index is 9.11. The predicted octanol–water partition coefficient (Wildman–Crippen LogP) is 2.15. The van der Waals surface area contributed by atoms with E-state index in [-0.39, 0.29) is 0 Å². The minimum atomic E-state index is -0.479. The maximum absolute atomic E-state index is 9.11. The first-order valence-electron chi connectivity index (χ1n) is 4.76. The summed E-state index contributed by atoms with van der Waals surface area (Å²) in [4.78, 5) is 0. The highest BCUT2D eigenvalue weighted by Crippen LogP contribution is 2.16. The minimum absolute atomic E-state index is 0.479. The minimum Gasteiger partial charge on any atom is -0.379 e. The van der Waals surface area contributed by atoms with Gasteiger partial charge in [-0.05, 0) is 25.0 Å². The lowest BCUT2D eigenvalue weighted by molar-refractivity contribution is 0.155. The Bertz CT molecular complexity index is 318. The van der Waals surface area contributed by atoms with Crippen molar-refractivity contribution in [3.63, 3.8) is 0 Å². The Morgan fingerprint density at radius 1 is 1.50 bits per heavy atom. The number of hydrogen-bond donors (Lipinski definition) is 2. The molecule has 0 amide bonds. The van der Waals surface area contributed by atoms with Gasteiger partial charge in [-0.2, -0.15) is 0 Å². The van der Waals surface area contributed by atoms with Gasteiger partial charge in [0.1, 0.15) is 6.23 Å². The average Bonchev–Trinajstić information content (AvgIpc) is 2.15. The summed E-state index contributed by atoms with van der Waals surface area (Å²) in [5.41, 5.74) is 3.37. The van der Waals surface area contributed by atoms with Crippen LogP contribution in [-0.4, -0.2) is 11.3 Å². The van der Waals surface area contributed by atoms with Crippen molar-refractivity contribution in [2.24, 2.45) is 0 Å². The van der Waals surface area contributed by atoms with Gasteiger partial charge >= 0.3 is 0 Å². The molecule has 0 bridgehead atoms. The number of rotatable bonds is 4. The van der Waals surface area contributed by atoms with E-state index >= 15 is 0 Å². The van der Waals surface area contributed by atoms with Gasteiger partial charge in [0.25, 0.3) is 0 Å². The van der Waals surface area contributed by atoms with Crippen LogP contribution in [0.2, 0.25) is 0 Å². The number of benzene rings is 1. The molecule has 0 spiro atoms. The Hall–Kier alpha value is -1.12. The molecule has 0 aliphatic rings. The van der Waals surface area contributed by atoms with Gasteiger partial charge in [-0.3, -0.25) is 5.32 Å². The van der Waals surface area contributed by atoms with Gasteiger partial charge in [0, 0.05) is 6.54 Å². The largest absolute Gasteiger partial charge is 0.379 e. The number of aliphatic hydroxyl groups is 1. The van der Waals surface area contributed by atoms with Crippen LogP contribution in [0, 0.1) is 0 Å². The van der Waals surface area contributed by atoms with Crippen molar-refractivity contribution in [3.05, 3.63) is 42.0 Å². The SMILES string of the molecule is C=C(C)c1ccccc1CNC(C)O. The molecule has 1 atom stereocenters. The van der Waals surface area contributed by atoms with Crippen molar-refractivity contribution in [3.8, 4) is 0 Å². The predicted molar refractivity (Wildman–Crippen MR) is 59.7 cm³/mol. The van der Waals surface area contributed by atoms with Crippen LogP contribution in [0.1, 0.15) is 25.0 Å². The molecule has 76 valence electrons. The second-order valence-corrected chi connectivity index (χ2v) is 3.49. The summed E-state index contributed by atoms with van der Waals surface area (Å²) in [6, 6.07) is 8.07. The Morgan fingerprint density at radius 2 is 2.14 bits per heavy atom. The topological polar surface area (TPSA) is 32.3 Å². The first kappa shape index (κ1) is 11.0. The summed E-state index contributed by atoms with van der Waals surface area (Å²) in [5, 5.41) is 12.1. The van der Waals surface area contributed by atoms with Crippen molar-refractivity contribution in [1.82, 2.24) is 5.32 Å². The average molecular weight is 191 g/mol. The summed E-state index contributed by atoms with van der Waals surface area (Å²) in [6.07, 6.45) is -0.479. The highest BCUT2D eigenvalue weighted by atomic mass is 16.3. The fourth-order valence-electron chi connectivity index (χ4n) is 1.35. The van der Waals surface area contributed by atoms with E-state index < -0.39 is 6.23 Å². The van der Waals surface area contributed by atoms with E-state index in [0.717, 1.165) is 11.1 Å². The molecule has 0 fully saturated rings. The first-order chi connectivity index (χ1) is 6.61. The first-order valence-corrected chi connectivity index (χ1v) is 4.76. The molecule has 0 aromatic heterocycles. The van der Waals surface area contributed by atoms with Crippen molar-refractivity contribution in [2.75, 3.05) is 0 Å². The summed E-state index contributed by atoms with van der Waals surface area (Å²) < 4.78 is 0. The summed E-state index contributed by atoms with van der Waals surface area (Å²) in [6.45, 7) is 8.29. The van der Waals surface area contributed by atoms with Crippen LogP contribution >= 0.6 is 0 Å². The monoisotopic (exact) mass is 191 g/mol.